The quantitative estimate of drug-likeness (QED) is 0.836. The van der Waals surface area contributed by atoms with Gasteiger partial charge in [0.15, 0.2) is 5.82 Å². The summed E-state index contributed by atoms with van der Waals surface area (Å²) < 4.78 is 0. The van der Waals surface area contributed by atoms with Gasteiger partial charge in [-0.15, -0.1) is 10.2 Å². The van der Waals surface area contributed by atoms with Crippen LogP contribution in [0.4, 0.5) is 0 Å². The first-order valence-electron chi connectivity index (χ1n) is 5.37. The number of rotatable bonds is 2. The maximum absolute atomic E-state index is 3.96. The molecule has 0 radical (unpaired) electrons. The van der Waals surface area contributed by atoms with Crippen LogP contribution in [0, 0.1) is 0 Å². The van der Waals surface area contributed by atoms with Gasteiger partial charge in [-0.1, -0.05) is 50.3 Å². The van der Waals surface area contributed by atoms with Crippen molar-refractivity contribution < 1.29 is 0 Å². The molecule has 1 aromatic heterocycles. The molecular weight excluding hydrogens is 200 g/mol. The first-order valence-corrected chi connectivity index (χ1v) is 5.37. The topological polar surface area (TPSA) is 54.5 Å². The number of tetrazole rings is 1. The summed E-state index contributed by atoms with van der Waals surface area (Å²) in [7, 11) is 0. The molecular formula is C12H16N4. The molecule has 0 amide bonds. The Morgan fingerprint density at radius 2 is 2.06 bits per heavy atom. The van der Waals surface area contributed by atoms with Crippen molar-refractivity contribution in [2.45, 2.75) is 32.6 Å². The highest BCUT2D eigenvalue weighted by Crippen LogP contribution is 2.23. The maximum Gasteiger partial charge on any atom is 0.178 e. The molecule has 1 N–H and O–H groups in total. The van der Waals surface area contributed by atoms with Gasteiger partial charge in [0.1, 0.15) is 0 Å². The van der Waals surface area contributed by atoms with Crippen LogP contribution in [0.15, 0.2) is 24.3 Å². The molecule has 2 aromatic rings. The lowest BCUT2D eigenvalue weighted by Crippen LogP contribution is -2.11. The smallest absolute Gasteiger partial charge is 0.177 e. The maximum atomic E-state index is 3.96. The minimum absolute atomic E-state index is 0.174. The van der Waals surface area contributed by atoms with Gasteiger partial charge in [-0.3, -0.25) is 0 Å². The van der Waals surface area contributed by atoms with E-state index in [1.165, 1.54) is 11.1 Å². The molecule has 0 unspecified atom stereocenters. The zero-order chi connectivity index (χ0) is 11.6. The van der Waals surface area contributed by atoms with Gasteiger partial charge in [-0.05, 0) is 16.5 Å². The van der Waals surface area contributed by atoms with Crippen molar-refractivity contribution >= 4 is 0 Å². The number of H-pyrrole nitrogens is 1. The first-order chi connectivity index (χ1) is 7.55. The van der Waals surface area contributed by atoms with Crippen LogP contribution in [0.2, 0.25) is 0 Å². The van der Waals surface area contributed by atoms with Crippen LogP contribution < -0.4 is 0 Å². The van der Waals surface area contributed by atoms with Crippen LogP contribution in [0.25, 0.3) is 0 Å². The summed E-state index contributed by atoms with van der Waals surface area (Å²) in [5, 5.41) is 13.9. The Bertz CT molecular complexity index is 454. The lowest BCUT2D eigenvalue weighted by atomic mass is 9.86. The SMILES string of the molecule is CC(C)(C)c1cccc(Cc2nn[nH]n2)c1. The van der Waals surface area contributed by atoms with Crippen LogP contribution in [0.5, 0.6) is 0 Å². The molecule has 0 aliphatic heterocycles. The molecule has 2 rings (SSSR count). The molecule has 0 saturated heterocycles. The van der Waals surface area contributed by atoms with Crippen molar-refractivity contribution in [1.29, 1.82) is 0 Å². The van der Waals surface area contributed by atoms with Gasteiger partial charge in [0.2, 0.25) is 0 Å². The molecule has 0 saturated carbocycles. The highest BCUT2D eigenvalue weighted by molar-refractivity contribution is 5.29. The van der Waals surface area contributed by atoms with E-state index in [1.807, 2.05) is 0 Å². The van der Waals surface area contributed by atoms with E-state index in [9.17, 15) is 0 Å². The van der Waals surface area contributed by atoms with Crippen molar-refractivity contribution in [3.05, 3.63) is 41.2 Å². The van der Waals surface area contributed by atoms with Crippen LogP contribution in [0.1, 0.15) is 37.7 Å². The van der Waals surface area contributed by atoms with Crippen LogP contribution >= 0.6 is 0 Å². The highest BCUT2D eigenvalue weighted by Gasteiger charge is 2.13. The van der Waals surface area contributed by atoms with E-state index >= 15 is 0 Å². The lowest BCUT2D eigenvalue weighted by Gasteiger charge is -2.19. The van der Waals surface area contributed by atoms with E-state index < -0.39 is 0 Å². The van der Waals surface area contributed by atoms with Crippen molar-refractivity contribution in [1.82, 2.24) is 20.6 Å². The fourth-order valence-electron chi connectivity index (χ4n) is 1.59. The molecule has 4 nitrogen and oxygen atoms in total. The van der Waals surface area contributed by atoms with E-state index in [2.05, 4.69) is 65.7 Å². The van der Waals surface area contributed by atoms with Crippen molar-refractivity contribution in [3.63, 3.8) is 0 Å². The number of aromatic amines is 1. The number of nitrogens with zero attached hydrogens (tertiary/aromatic N) is 3. The van der Waals surface area contributed by atoms with Gasteiger partial charge in [0, 0.05) is 6.42 Å². The number of aromatic nitrogens is 4. The average molecular weight is 216 g/mol. The largest absolute Gasteiger partial charge is 0.178 e. The normalized spacial score (nSPS) is 11.7. The predicted molar refractivity (Wildman–Crippen MR) is 62.1 cm³/mol. The molecule has 0 fully saturated rings. The van der Waals surface area contributed by atoms with E-state index in [0.29, 0.717) is 0 Å². The van der Waals surface area contributed by atoms with Crippen LogP contribution in [-0.4, -0.2) is 20.6 Å². The Labute approximate surface area is 95.1 Å². The molecule has 0 aliphatic rings. The molecule has 0 spiro atoms. The van der Waals surface area contributed by atoms with E-state index in [4.69, 9.17) is 0 Å². The molecule has 0 bridgehead atoms. The second kappa shape index (κ2) is 4.04. The van der Waals surface area contributed by atoms with Gasteiger partial charge < -0.3 is 0 Å². The zero-order valence-electron chi connectivity index (χ0n) is 9.86. The summed E-state index contributed by atoms with van der Waals surface area (Å²) >= 11 is 0. The minimum Gasteiger partial charge on any atom is -0.177 e. The third kappa shape index (κ3) is 2.45. The zero-order valence-corrected chi connectivity index (χ0v) is 9.86. The van der Waals surface area contributed by atoms with Gasteiger partial charge in [0.05, 0.1) is 0 Å². The molecule has 1 aromatic carbocycles. The number of nitrogens with one attached hydrogen (secondary N) is 1. The molecule has 16 heavy (non-hydrogen) atoms. The van der Waals surface area contributed by atoms with Gasteiger partial charge >= 0.3 is 0 Å². The summed E-state index contributed by atoms with van der Waals surface area (Å²) in [4.78, 5) is 0. The van der Waals surface area contributed by atoms with Gasteiger partial charge in [-0.2, -0.15) is 5.21 Å². The van der Waals surface area contributed by atoms with Crippen molar-refractivity contribution in [3.8, 4) is 0 Å². The third-order valence-electron chi connectivity index (χ3n) is 2.54. The molecule has 0 atom stereocenters. The monoisotopic (exact) mass is 216 g/mol. The summed E-state index contributed by atoms with van der Waals surface area (Å²) in [6, 6.07) is 8.53. The Morgan fingerprint density at radius 3 is 2.69 bits per heavy atom. The number of hydrogen-bond donors (Lipinski definition) is 1. The van der Waals surface area contributed by atoms with Crippen molar-refractivity contribution in [2.75, 3.05) is 0 Å². The minimum atomic E-state index is 0.174. The Kier molecular flexibility index (Phi) is 2.73. The van der Waals surface area contributed by atoms with Crippen LogP contribution in [-0.2, 0) is 11.8 Å². The Hall–Kier alpha value is -1.71. The van der Waals surface area contributed by atoms with E-state index in [-0.39, 0.29) is 5.41 Å². The molecule has 0 aliphatic carbocycles. The number of benzene rings is 1. The molecule has 4 heteroatoms. The first kappa shape index (κ1) is 10.8. The fraction of sp³-hybridized carbons (Fsp3) is 0.417. The van der Waals surface area contributed by atoms with Gasteiger partial charge in [0.25, 0.3) is 0 Å². The fourth-order valence-corrected chi connectivity index (χ4v) is 1.59. The lowest BCUT2D eigenvalue weighted by molar-refractivity contribution is 0.589. The predicted octanol–water partition coefficient (Wildman–Crippen LogP) is 2.09. The summed E-state index contributed by atoms with van der Waals surface area (Å²) in [5.41, 5.74) is 2.72. The summed E-state index contributed by atoms with van der Waals surface area (Å²) in [6.07, 6.45) is 0.723. The summed E-state index contributed by atoms with van der Waals surface area (Å²) in [6.45, 7) is 6.63. The number of hydrogen-bond acceptors (Lipinski definition) is 3. The Balaban J connectivity index is 2.23. The van der Waals surface area contributed by atoms with E-state index in [0.717, 1.165) is 12.2 Å². The van der Waals surface area contributed by atoms with E-state index in [1.54, 1.807) is 0 Å². The second-order valence-corrected chi connectivity index (χ2v) is 4.96. The standard InChI is InChI=1S/C12H16N4/c1-12(2,3)10-6-4-5-9(7-10)8-11-13-15-16-14-11/h4-7H,8H2,1-3H3,(H,13,14,15,16). The molecule has 1 heterocycles. The average Bonchev–Trinajstić information content (AvgIpc) is 2.70. The van der Waals surface area contributed by atoms with Crippen LogP contribution in [0.3, 0.4) is 0 Å². The Morgan fingerprint density at radius 1 is 1.25 bits per heavy atom. The van der Waals surface area contributed by atoms with Gasteiger partial charge in [-0.25, -0.2) is 0 Å². The van der Waals surface area contributed by atoms with Crippen molar-refractivity contribution in [2.24, 2.45) is 0 Å². The summed E-state index contributed by atoms with van der Waals surface area (Å²) in [5.74, 6) is 0.728. The molecule has 84 valence electrons. The second-order valence-electron chi connectivity index (χ2n) is 4.96. The highest BCUT2D eigenvalue weighted by atomic mass is 15.5. The third-order valence-corrected chi connectivity index (χ3v) is 2.54.